The van der Waals surface area contributed by atoms with Crippen molar-refractivity contribution in [1.82, 2.24) is 0 Å². The number of hydrogen-bond donors (Lipinski definition) is 1. The van der Waals surface area contributed by atoms with Gasteiger partial charge in [0.25, 0.3) is 0 Å². The minimum Gasteiger partial charge on any atom is -0.481 e. The van der Waals surface area contributed by atoms with Crippen LogP contribution in [-0.4, -0.2) is 11.1 Å². The Bertz CT molecular complexity index is 532. The third-order valence-electron chi connectivity index (χ3n) is 7.60. The lowest BCUT2D eigenvalue weighted by atomic mass is 9.44. The first-order valence-electron chi connectivity index (χ1n) is 8.90. The highest BCUT2D eigenvalue weighted by atomic mass is 16.4. The van der Waals surface area contributed by atoms with E-state index in [0.29, 0.717) is 17.8 Å². The number of allylic oxidation sites excluding steroid dienone is 3. The van der Waals surface area contributed by atoms with E-state index in [1.807, 2.05) is 13.0 Å². The molecule has 2 nitrogen and oxygen atoms in total. The first-order chi connectivity index (χ1) is 10.3. The molecule has 2 heteroatoms. The summed E-state index contributed by atoms with van der Waals surface area (Å²) in [4.78, 5) is 12.0. The molecule has 3 aliphatic carbocycles. The van der Waals surface area contributed by atoms with Crippen LogP contribution in [0.4, 0.5) is 0 Å². The fourth-order valence-electron chi connectivity index (χ4n) is 6.33. The molecule has 5 atom stereocenters. The van der Waals surface area contributed by atoms with E-state index < -0.39 is 11.4 Å². The first-order valence-corrected chi connectivity index (χ1v) is 8.90. The molecule has 0 aromatic rings. The van der Waals surface area contributed by atoms with Crippen LogP contribution in [0.15, 0.2) is 23.8 Å². The van der Waals surface area contributed by atoms with Gasteiger partial charge in [-0.25, -0.2) is 0 Å². The monoisotopic (exact) mass is 302 g/mol. The van der Waals surface area contributed by atoms with Gasteiger partial charge in [0.2, 0.25) is 0 Å². The molecule has 1 N–H and O–H groups in total. The van der Waals surface area contributed by atoms with Crippen LogP contribution < -0.4 is 0 Å². The van der Waals surface area contributed by atoms with E-state index in [2.05, 4.69) is 20.4 Å². The van der Waals surface area contributed by atoms with Crippen LogP contribution in [0.2, 0.25) is 0 Å². The maximum atomic E-state index is 12.0. The molecule has 122 valence electrons. The van der Waals surface area contributed by atoms with Crippen LogP contribution in [0.1, 0.15) is 65.7 Å². The quantitative estimate of drug-likeness (QED) is 0.760. The molecule has 0 spiro atoms. The largest absolute Gasteiger partial charge is 0.481 e. The summed E-state index contributed by atoms with van der Waals surface area (Å²) in [6, 6.07) is 0. The Morgan fingerprint density at radius 2 is 2.00 bits per heavy atom. The van der Waals surface area contributed by atoms with E-state index in [1.54, 1.807) is 0 Å². The lowest BCUT2D eigenvalue weighted by Gasteiger charge is -2.60. The minimum absolute atomic E-state index is 0.197. The summed E-state index contributed by atoms with van der Waals surface area (Å²) in [7, 11) is 0. The summed E-state index contributed by atoms with van der Waals surface area (Å²) in [5.41, 5.74) is 2.66. The number of rotatable bonds is 2. The van der Waals surface area contributed by atoms with Crippen molar-refractivity contribution in [3.8, 4) is 0 Å². The van der Waals surface area contributed by atoms with Gasteiger partial charge in [0.1, 0.15) is 0 Å². The predicted octanol–water partition coefficient (Wildman–Crippen LogP) is 5.21. The highest BCUT2D eigenvalue weighted by molar-refractivity contribution is 5.75. The van der Waals surface area contributed by atoms with Crippen LogP contribution in [-0.2, 0) is 4.79 Å². The van der Waals surface area contributed by atoms with Gasteiger partial charge in [-0.1, -0.05) is 31.6 Å². The van der Waals surface area contributed by atoms with Gasteiger partial charge in [-0.15, -0.1) is 0 Å². The predicted molar refractivity (Wildman–Crippen MR) is 89.5 cm³/mol. The van der Waals surface area contributed by atoms with Gasteiger partial charge in [0.15, 0.2) is 0 Å². The second-order valence-corrected chi connectivity index (χ2v) is 8.38. The van der Waals surface area contributed by atoms with Crippen LogP contribution in [0, 0.1) is 28.6 Å². The van der Waals surface area contributed by atoms with Crippen molar-refractivity contribution in [1.29, 1.82) is 0 Å². The summed E-state index contributed by atoms with van der Waals surface area (Å²) < 4.78 is 0. The molecular formula is C20H30O2. The van der Waals surface area contributed by atoms with E-state index >= 15 is 0 Å². The molecule has 3 rings (SSSR count). The van der Waals surface area contributed by atoms with Gasteiger partial charge >= 0.3 is 5.97 Å². The Morgan fingerprint density at radius 1 is 1.27 bits per heavy atom. The van der Waals surface area contributed by atoms with Crippen LogP contribution in [0.3, 0.4) is 0 Å². The Labute approximate surface area is 134 Å². The van der Waals surface area contributed by atoms with Crippen molar-refractivity contribution in [3.63, 3.8) is 0 Å². The van der Waals surface area contributed by atoms with E-state index in [4.69, 9.17) is 0 Å². The smallest absolute Gasteiger partial charge is 0.309 e. The number of carboxylic acid groups (broad SMARTS) is 1. The highest BCUT2D eigenvalue weighted by Gasteiger charge is 2.59. The third-order valence-corrected chi connectivity index (χ3v) is 7.60. The molecule has 0 heterocycles. The summed E-state index contributed by atoms with van der Waals surface area (Å²) in [5.74, 6) is 1.08. The molecule has 5 unspecified atom stereocenters. The van der Waals surface area contributed by atoms with E-state index in [0.717, 1.165) is 32.1 Å². The normalized spacial score (nSPS) is 45.0. The summed E-state index contributed by atoms with van der Waals surface area (Å²) in [6.07, 6.45) is 9.75. The van der Waals surface area contributed by atoms with Gasteiger partial charge in [0.05, 0.1) is 5.41 Å². The first kappa shape index (κ1) is 15.8. The zero-order valence-corrected chi connectivity index (χ0v) is 14.3. The van der Waals surface area contributed by atoms with E-state index in [-0.39, 0.29) is 5.41 Å². The zero-order valence-electron chi connectivity index (χ0n) is 14.3. The summed E-state index contributed by atoms with van der Waals surface area (Å²) in [6.45, 7) is 10.7. The maximum Gasteiger partial charge on any atom is 0.309 e. The van der Waals surface area contributed by atoms with Gasteiger partial charge < -0.3 is 5.11 Å². The van der Waals surface area contributed by atoms with Crippen molar-refractivity contribution in [2.24, 2.45) is 28.6 Å². The van der Waals surface area contributed by atoms with Crippen molar-refractivity contribution in [3.05, 3.63) is 23.8 Å². The SMILES string of the molecule is C=CC1=C(C)C2CCC3C(C)(C(=O)O)CCCC3(C)C2CC1. The number of carbonyl (C=O) groups is 1. The second kappa shape index (κ2) is 5.25. The van der Waals surface area contributed by atoms with Crippen LogP contribution in [0.25, 0.3) is 0 Å². The zero-order chi connectivity index (χ0) is 16.1. The second-order valence-electron chi connectivity index (χ2n) is 8.38. The minimum atomic E-state index is -0.572. The lowest BCUT2D eigenvalue weighted by molar-refractivity contribution is -0.169. The van der Waals surface area contributed by atoms with Crippen LogP contribution in [0.5, 0.6) is 0 Å². The Kier molecular flexibility index (Phi) is 3.78. The summed E-state index contributed by atoms with van der Waals surface area (Å²) >= 11 is 0. The standard InChI is InChI=1S/C20H30O2/c1-5-14-7-9-16-15(13(14)2)8-10-17-19(16,3)11-6-12-20(17,4)18(21)22/h5,15-17H,1,6-12H2,2-4H3,(H,21,22). The molecule has 0 aliphatic heterocycles. The molecule has 0 radical (unpaired) electrons. The highest BCUT2D eigenvalue weighted by Crippen LogP contribution is 2.64. The van der Waals surface area contributed by atoms with Crippen molar-refractivity contribution < 1.29 is 9.90 Å². The lowest BCUT2D eigenvalue weighted by Crippen LogP contribution is -2.55. The number of fused-ring (bicyclic) bond motifs is 3. The number of hydrogen-bond acceptors (Lipinski definition) is 1. The Morgan fingerprint density at radius 3 is 2.64 bits per heavy atom. The van der Waals surface area contributed by atoms with E-state index in [9.17, 15) is 9.90 Å². The van der Waals surface area contributed by atoms with Crippen molar-refractivity contribution in [2.45, 2.75) is 65.7 Å². The molecule has 2 saturated carbocycles. The topological polar surface area (TPSA) is 37.3 Å². The Balaban J connectivity index is 1.99. The van der Waals surface area contributed by atoms with E-state index in [1.165, 1.54) is 24.0 Å². The number of carboxylic acids is 1. The van der Waals surface area contributed by atoms with Gasteiger partial charge in [-0.2, -0.15) is 0 Å². The van der Waals surface area contributed by atoms with Gasteiger partial charge in [0, 0.05) is 0 Å². The molecule has 0 aromatic carbocycles. The van der Waals surface area contributed by atoms with Crippen molar-refractivity contribution in [2.75, 3.05) is 0 Å². The number of aliphatic carboxylic acids is 1. The molecule has 0 amide bonds. The fraction of sp³-hybridized carbons (Fsp3) is 0.750. The summed E-state index contributed by atoms with van der Waals surface area (Å²) in [5, 5.41) is 9.86. The van der Waals surface area contributed by atoms with Gasteiger partial charge in [-0.3, -0.25) is 4.79 Å². The maximum absolute atomic E-state index is 12.0. The van der Waals surface area contributed by atoms with Crippen LogP contribution >= 0.6 is 0 Å². The third kappa shape index (κ3) is 2.02. The molecule has 22 heavy (non-hydrogen) atoms. The fourth-order valence-corrected chi connectivity index (χ4v) is 6.33. The molecule has 3 aliphatic rings. The average molecular weight is 302 g/mol. The molecule has 2 fully saturated rings. The molecule has 0 aromatic heterocycles. The average Bonchev–Trinajstić information content (AvgIpc) is 2.47. The molecule has 0 bridgehead atoms. The molecule has 0 saturated heterocycles. The Hall–Kier alpha value is -1.05. The molecular weight excluding hydrogens is 272 g/mol. The van der Waals surface area contributed by atoms with Gasteiger partial charge in [-0.05, 0) is 81.1 Å². The van der Waals surface area contributed by atoms with Crippen molar-refractivity contribution >= 4 is 5.97 Å².